The molecule has 1 fully saturated rings. The third-order valence-electron chi connectivity index (χ3n) is 5.49. The monoisotopic (exact) mass is 541 g/mol. The molecule has 3 heterocycles. The molecule has 3 N–H and O–H groups in total. The Hall–Kier alpha value is -3.47. The predicted molar refractivity (Wildman–Crippen MR) is 148 cm³/mol. The van der Waals surface area contributed by atoms with E-state index in [0.717, 1.165) is 25.9 Å². The molecule has 0 atom stereocenters. The summed E-state index contributed by atoms with van der Waals surface area (Å²) in [4.78, 5) is 34.5. The van der Waals surface area contributed by atoms with Crippen molar-refractivity contribution in [2.75, 3.05) is 36.2 Å². The fourth-order valence-electron chi connectivity index (χ4n) is 3.82. The van der Waals surface area contributed by atoms with Gasteiger partial charge in [0.05, 0.1) is 16.3 Å². The van der Waals surface area contributed by atoms with Crippen molar-refractivity contribution in [3.63, 3.8) is 0 Å². The van der Waals surface area contributed by atoms with Gasteiger partial charge in [0, 0.05) is 24.9 Å². The summed E-state index contributed by atoms with van der Waals surface area (Å²) < 4.78 is 18.6. The first-order valence-corrected chi connectivity index (χ1v) is 14.5. The molecule has 0 unspecified atom stereocenters. The van der Waals surface area contributed by atoms with Crippen molar-refractivity contribution in [3.05, 3.63) is 76.7 Å². The average molecular weight is 542 g/mol. The highest BCUT2D eigenvalue weighted by molar-refractivity contribution is 8.00. The Bertz CT molecular complexity index is 1410. The van der Waals surface area contributed by atoms with Crippen LogP contribution in [0.1, 0.15) is 39.3 Å². The van der Waals surface area contributed by atoms with E-state index in [9.17, 15) is 13.8 Å². The lowest BCUT2D eigenvalue weighted by Gasteiger charge is -2.25. The number of pyridine rings is 2. The van der Waals surface area contributed by atoms with Gasteiger partial charge in [0.1, 0.15) is 17.7 Å². The van der Waals surface area contributed by atoms with Crippen LogP contribution in [0.15, 0.2) is 54.9 Å². The molecule has 194 valence electrons. The van der Waals surface area contributed by atoms with Crippen LogP contribution < -0.4 is 20.7 Å². The maximum Gasteiger partial charge on any atom is 0.277 e. The number of benzene rings is 1. The van der Waals surface area contributed by atoms with Crippen LogP contribution in [0.2, 0.25) is 5.02 Å². The Morgan fingerprint density at radius 2 is 1.86 bits per heavy atom. The highest BCUT2D eigenvalue weighted by Crippen LogP contribution is 2.26. The third kappa shape index (κ3) is 7.51. The van der Waals surface area contributed by atoms with Gasteiger partial charge in [0.25, 0.3) is 11.8 Å². The topological polar surface area (TPSA) is 122 Å². The normalized spacial score (nSPS) is 14.0. The SMILES string of the molecule is CS(C)(=O)=Cc1ccc(C(=O)Nc2cccnc2C(=O)Nc2ccc(Cl)cn2)c(OC2CCNCC2)c1. The van der Waals surface area contributed by atoms with Crippen LogP contribution in [0, 0.1) is 0 Å². The highest BCUT2D eigenvalue weighted by atomic mass is 35.5. The first-order chi connectivity index (χ1) is 17.7. The van der Waals surface area contributed by atoms with E-state index in [-0.39, 0.29) is 17.5 Å². The minimum atomic E-state index is -2.16. The summed E-state index contributed by atoms with van der Waals surface area (Å²) in [6.45, 7) is 1.65. The molecule has 0 spiro atoms. The number of hydrogen-bond acceptors (Lipinski definition) is 7. The molecule has 37 heavy (non-hydrogen) atoms. The largest absolute Gasteiger partial charge is 0.489 e. The minimum Gasteiger partial charge on any atom is -0.489 e. The first-order valence-electron chi connectivity index (χ1n) is 11.7. The van der Waals surface area contributed by atoms with Crippen LogP contribution in [0.3, 0.4) is 0 Å². The van der Waals surface area contributed by atoms with Gasteiger partial charge in [-0.1, -0.05) is 17.7 Å². The number of hydrogen-bond donors (Lipinski definition) is 3. The van der Waals surface area contributed by atoms with E-state index in [0.29, 0.717) is 27.7 Å². The van der Waals surface area contributed by atoms with Crippen molar-refractivity contribution in [2.45, 2.75) is 18.9 Å². The molecule has 0 saturated carbocycles. The second-order valence-corrected chi connectivity index (χ2v) is 12.2. The Morgan fingerprint density at radius 1 is 1.08 bits per heavy atom. The summed E-state index contributed by atoms with van der Waals surface area (Å²) in [7, 11) is -2.16. The number of carbonyl (C=O) groups is 2. The van der Waals surface area contributed by atoms with Crippen molar-refractivity contribution in [1.82, 2.24) is 15.3 Å². The number of nitrogens with one attached hydrogen (secondary N) is 3. The van der Waals surface area contributed by atoms with E-state index in [1.165, 1.54) is 12.4 Å². The van der Waals surface area contributed by atoms with Gasteiger partial charge in [0.15, 0.2) is 5.69 Å². The van der Waals surface area contributed by atoms with Crippen LogP contribution in [0.25, 0.3) is 0 Å². The number of halogens is 1. The average Bonchev–Trinajstić information content (AvgIpc) is 2.85. The first kappa shape index (κ1) is 26.6. The predicted octanol–water partition coefficient (Wildman–Crippen LogP) is 3.46. The van der Waals surface area contributed by atoms with Crippen molar-refractivity contribution < 1.29 is 18.5 Å². The lowest BCUT2D eigenvalue weighted by atomic mass is 10.1. The number of carbonyl (C=O) groups excluding carboxylic acids is 2. The molecule has 1 saturated heterocycles. The molecule has 0 radical (unpaired) electrons. The second-order valence-electron chi connectivity index (χ2n) is 8.92. The van der Waals surface area contributed by atoms with Crippen LogP contribution in [-0.4, -0.2) is 63.1 Å². The fourth-order valence-corrected chi connectivity index (χ4v) is 4.73. The smallest absolute Gasteiger partial charge is 0.277 e. The number of amides is 2. The van der Waals surface area contributed by atoms with E-state index in [4.69, 9.17) is 16.3 Å². The maximum atomic E-state index is 13.4. The van der Waals surface area contributed by atoms with Crippen LogP contribution in [0.4, 0.5) is 11.5 Å². The molecular weight excluding hydrogens is 514 g/mol. The zero-order valence-corrected chi connectivity index (χ0v) is 22.1. The van der Waals surface area contributed by atoms with Gasteiger partial charge in [-0.25, -0.2) is 9.97 Å². The van der Waals surface area contributed by atoms with Crippen LogP contribution >= 0.6 is 11.6 Å². The van der Waals surface area contributed by atoms with Crippen molar-refractivity contribution in [2.24, 2.45) is 0 Å². The number of nitrogens with zero attached hydrogens (tertiary/aromatic N) is 2. The molecule has 1 aliphatic rings. The van der Waals surface area contributed by atoms with E-state index >= 15 is 0 Å². The minimum absolute atomic E-state index is 0.0232. The second kappa shape index (κ2) is 11.7. The zero-order chi connectivity index (χ0) is 26.4. The molecule has 0 bridgehead atoms. The van der Waals surface area contributed by atoms with Crippen molar-refractivity contribution in [1.29, 1.82) is 0 Å². The number of aromatic nitrogens is 2. The lowest BCUT2D eigenvalue weighted by molar-refractivity contribution is 0.101. The molecule has 2 amide bonds. The zero-order valence-electron chi connectivity index (χ0n) is 20.5. The molecule has 4 rings (SSSR count). The quantitative estimate of drug-likeness (QED) is 0.391. The molecular formula is C26H28ClN5O4S. The molecule has 2 aromatic heterocycles. The van der Waals surface area contributed by atoms with Gasteiger partial charge in [-0.3, -0.25) is 13.8 Å². The Morgan fingerprint density at radius 3 is 2.57 bits per heavy atom. The Kier molecular flexibility index (Phi) is 8.42. The summed E-state index contributed by atoms with van der Waals surface area (Å²) in [5, 5.41) is 10.8. The highest BCUT2D eigenvalue weighted by Gasteiger charge is 2.22. The van der Waals surface area contributed by atoms with Gasteiger partial charge >= 0.3 is 0 Å². The van der Waals surface area contributed by atoms with E-state index in [2.05, 4.69) is 25.9 Å². The van der Waals surface area contributed by atoms with Gasteiger partial charge < -0.3 is 20.7 Å². The summed E-state index contributed by atoms with van der Waals surface area (Å²) in [6, 6.07) is 11.5. The molecule has 3 aromatic rings. The van der Waals surface area contributed by atoms with E-state index in [1.807, 2.05) is 0 Å². The van der Waals surface area contributed by atoms with E-state index in [1.54, 1.807) is 60.3 Å². The number of ether oxygens (including phenoxy) is 1. The molecule has 11 heteroatoms. The van der Waals surface area contributed by atoms with Gasteiger partial charge in [0.2, 0.25) is 0 Å². The Balaban J connectivity index is 1.60. The van der Waals surface area contributed by atoms with Gasteiger partial charge in [-0.15, -0.1) is 0 Å². The van der Waals surface area contributed by atoms with Crippen LogP contribution in [-0.2, 0) is 9.52 Å². The molecule has 0 aliphatic carbocycles. The van der Waals surface area contributed by atoms with E-state index < -0.39 is 21.3 Å². The third-order valence-corrected chi connectivity index (χ3v) is 6.55. The summed E-state index contributed by atoms with van der Waals surface area (Å²) in [6.07, 6.45) is 7.73. The molecule has 1 aromatic carbocycles. The van der Waals surface area contributed by atoms with Gasteiger partial charge in [-0.05, 0) is 82.8 Å². The number of rotatable bonds is 7. The number of anilines is 2. The van der Waals surface area contributed by atoms with Crippen molar-refractivity contribution in [3.8, 4) is 5.75 Å². The standard InChI is InChI=1S/C26H28ClN5O4S/c1-37(2,35)16-17-5-7-20(22(14-17)36-19-9-12-28-13-10-19)25(33)31-21-4-3-11-29-24(21)26(34)32-23-8-6-18(27)15-30-23/h3-8,11,14-16,19,28H,9-10,12-13H2,1-2H3,(H,31,33)(H,30,32,34). The van der Waals surface area contributed by atoms with Crippen molar-refractivity contribution >= 4 is 49.8 Å². The summed E-state index contributed by atoms with van der Waals surface area (Å²) in [5.74, 6) is -0.314. The number of piperidine rings is 1. The van der Waals surface area contributed by atoms with Crippen LogP contribution in [0.5, 0.6) is 5.75 Å². The molecule has 9 nitrogen and oxygen atoms in total. The lowest BCUT2D eigenvalue weighted by Crippen LogP contribution is -2.34. The van der Waals surface area contributed by atoms with Gasteiger partial charge in [-0.2, -0.15) is 0 Å². The molecule has 1 aliphatic heterocycles. The maximum absolute atomic E-state index is 13.4. The Labute approximate surface area is 221 Å². The fraction of sp³-hybridized carbons (Fsp3) is 0.269. The summed E-state index contributed by atoms with van der Waals surface area (Å²) >= 11 is 5.86. The summed E-state index contributed by atoms with van der Waals surface area (Å²) in [5.41, 5.74) is 1.25.